The van der Waals surface area contributed by atoms with Crippen LogP contribution in [0.2, 0.25) is 0 Å². The summed E-state index contributed by atoms with van der Waals surface area (Å²) >= 11 is 0. The van der Waals surface area contributed by atoms with Gasteiger partial charge in [0.2, 0.25) is 0 Å². The van der Waals surface area contributed by atoms with Gasteiger partial charge in [-0.05, 0) is 26.3 Å². The van der Waals surface area contributed by atoms with Crippen LogP contribution >= 0.6 is 0 Å². The molecule has 0 aromatic rings. The summed E-state index contributed by atoms with van der Waals surface area (Å²) in [5.74, 6) is 0. The van der Waals surface area contributed by atoms with Gasteiger partial charge in [-0.2, -0.15) is 0 Å². The van der Waals surface area contributed by atoms with Crippen LogP contribution in [0.4, 0.5) is 0 Å². The van der Waals surface area contributed by atoms with E-state index in [0.717, 1.165) is 0 Å². The third kappa shape index (κ3) is 7.29. The fourth-order valence-electron chi connectivity index (χ4n) is 0.744. The minimum Gasteiger partial charge on any atom is -0.380 e. The Morgan fingerprint density at radius 1 is 1.08 bits per heavy atom. The molecule has 0 aromatic heterocycles. The topological polar surface area (TPSA) is 9.23 Å². The van der Waals surface area contributed by atoms with E-state index in [4.69, 9.17) is 4.74 Å². The molecular formula is C11H18O. The molecule has 0 aliphatic carbocycles. The van der Waals surface area contributed by atoms with E-state index in [2.05, 4.69) is 32.9 Å². The summed E-state index contributed by atoms with van der Waals surface area (Å²) in [5.41, 5.74) is 2.54. The van der Waals surface area contributed by atoms with Gasteiger partial charge in [-0.1, -0.05) is 29.9 Å². The molecule has 0 N–H and O–H groups in total. The Labute approximate surface area is 75.4 Å². The van der Waals surface area contributed by atoms with Crippen molar-refractivity contribution in [1.82, 2.24) is 0 Å². The van der Waals surface area contributed by atoms with Gasteiger partial charge in [-0.25, -0.2) is 0 Å². The van der Waals surface area contributed by atoms with Crippen molar-refractivity contribution in [2.45, 2.75) is 20.8 Å². The maximum absolute atomic E-state index is 4.96. The lowest BCUT2D eigenvalue weighted by molar-refractivity contribution is 0.226. The van der Waals surface area contributed by atoms with Crippen molar-refractivity contribution in [3.63, 3.8) is 0 Å². The molecule has 0 rings (SSSR count). The average Bonchev–Trinajstić information content (AvgIpc) is 1.98. The average molecular weight is 166 g/mol. The molecule has 0 bridgehead atoms. The van der Waals surface area contributed by atoms with Gasteiger partial charge in [-0.15, -0.1) is 0 Å². The van der Waals surface area contributed by atoms with Gasteiger partial charge < -0.3 is 4.74 Å². The molecule has 0 atom stereocenters. The van der Waals surface area contributed by atoms with Gasteiger partial charge >= 0.3 is 0 Å². The number of rotatable bonds is 4. The van der Waals surface area contributed by atoms with E-state index in [1.165, 1.54) is 11.1 Å². The zero-order valence-electron chi connectivity index (χ0n) is 8.42. The summed E-state index contributed by atoms with van der Waals surface area (Å²) in [6.07, 6.45) is 8.20. The van der Waals surface area contributed by atoms with Gasteiger partial charge in [-0.3, -0.25) is 0 Å². The zero-order chi connectivity index (χ0) is 9.40. The molecule has 68 valence electrons. The van der Waals surface area contributed by atoms with Crippen LogP contribution in [0.3, 0.4) is 0 Å². The van der Waals surface area contributed by atoms with E-state index in [0.29, 0.717) is 6.61 Å². The predicted molar refractivity (Wildman–Crippen MR) is 54.2 cm³/mol. The van der Waals surface area contributed by atoms with Crippen molar-refractivity contribution < 1.29 is 4.74 Å². The molecule has 0 spiro atoms. The quantitative estimate of drug-likeness (QED) is 0.583. The van der Waals surface area contributed by atoms with Crippen molar-refractivity contribution in [2.75, 3.05) is 13.7 Å². The van der Waals surface area contributed by atoms with E-state index < -0.39 is 0 Å². The summed E-state index contributed by atoms with van der Waals surface area (Å²) < 4.78 is 4.96. The van der Waals surface area contributed by atoms with Crippen LogP contribution in [-0.2, 0) is 4.74 Å². The fraction of sp³-hybridized carbons (Fsp3) is 0.455. The molecule has 0 amide bonds. The van der Waals surface area contributed by atoms with Crippen molar-refractivity contribution in [3.05, 3.63) is 35.5 Å². The smallest absolute Gasteiger partial charge is 0.0673 e. The van der Waals surface area contributed by atoms with Crippen LogP contribution in [0, 0.1) is 0 Å². The maximum atomic E-state index is 4.96. The van der Waals surface area contributed by atoms with Crippen molar-refractivity contribution in [2.24, 2.45) is 0 Å². The normalized spacial score (nSPS) is 12.2. The first-order chi connectivity index (χ1) is 5.66. The second-order valence-corrected chi connectivity index (χ2v) is 3.07. The first-order valence-corrected chi connectivity index (χ1v) is 4.13. The number of methoxy groups -OCH3 is 1. The summed E-state index contributed by atoms with van der Waals surface area (Å²) in [5, 5.41) is 0. The lowest BCUT2D eigenvalue weighted by Crippen LogP contribution is -1.87. The monoisotopic (exact) mass is 166 g/mol. The molecule has 0 heterocycles. The van der Waals surface area contributed by atoms with Gasteiger partial charge in [0.05, 0.1) is 6.61 Å². The molecule has 0 aromatic carbocycles. The number of ether oxygens (including phenoxy) is 1. The number of hydrogen-bond acceptors (Lipinski definition) is 1. The van der Waals surface area contributed by atoms with E-state index in [9.17, 15) is 0 Å². The Morgan fingerprint density at radius 3 is 2.17 bits per heavy atom. The second-order valence-electron chi connectivity index (χ2n) is 3.07. The Balaban J connectivity index is 3.86. The van der Waals surface area contributed by atoms with Gasteiger partial charge in [0.1, 0.15) is 0 Å². The van der Waals surface area contributed by atoms with E-state index in [1.807, 2.05) is 12.2 Å². The highest BCUT2D eigenvalue weighted by Crippen LogP contribution is 1.94. The summed E-state index contributed by atoms with van der Waals surface area (Å²) in [7, 11) is 1.71. The molecule has 1 nitrogen and oxygen atoms in total. The predicted octanol–water partition coefficient (Wildman–Crippen LogP) is 3.10. The third-order valence-electron chi connectivity index (χ3n) is 1.29. The minimum atomic E-state index is 0.708. The van der Waals surface area contributed by atoms with Crippen LogP contribution in [0.15, 0.2) is 35.5 Å². The number of hydrogen-bond donors (Lipinski definition) is 0. The molecule has 0 aliphatic heterocycles. The number of allylic oxidation sites excluding steroid dienone is 5. The van der Waals surface area contributed by atoms with Gasteiger partial charge in [0.25, 0.3) is 0 Å². The molecule has 0 saturated heterocycles. The van der Waals surface area contributed by atoms with Crippen molar-refractivity contribution in [1.29, 1.82) is 0 Å². The Bertz CT molecular complexity index is 193. The third-order valence-corrected chi connectivity index (χ3v) is 1.29. The zero-order valence-corrected chi connectivity index (χ0v) is 8.42. The molecule has 0 unspecified atom stereocenters. The summed E-state index contributed by atoms with van der Waals surface area (Å²) in [4.78, 5) is 0. The lowest BCUT2D eigenvalue weighted by Gasteiger charge is -1.94. The van der Waals surface area contributed by atoms with Crippen LogP contribution in [0.5, 0.6) is 0 Å². The lowest BCUT2D eigenvalue weighted by atomic mass is 10.2. The first kappa shape index (κ1) is 11.2. The van der Waals surface area contributed by atoms with E-state index in [1.54, 1.807) is 7.11 Å². The molecule has 0 radical (unpaired) electrons. The van der Waals surface area contributed by atoms with E-state index >= 15 is 0 Å². The molecule has 12 heavy (non-hydrogen) atoms. The van der Waals surface area contributed by atoms with Crippen LogP contribution in [0.25, 0.3) is 0 Å². The summed E-state index contributed by atoms with van der Waals surface area (Å²) in [6, 6.07) is 0. The maximum Gasteiger partial charge on any atom is 0.0673 e. The van der Waals surface area contributed by atoms with Crippen molar-refractivity contribution >= 4 is 0 Å². The first-order valence-electron chi connectivity index (χ1n) is 4.13. The highest BCUT2D eigenvalue weighted by Gasteiger charge is 1.82. The van der Waals surface area contributed by atoms with Crippen molar-refractivity contribution in [3.8, 4) is 0 Å². The summed E-state index contributed by atoms with van der Waals surface area (Å²) in [6.45, 7) is 6.92. The van der Waals surface area contributed by atoms with Crippen LogP contribution < -0.4 is 0 Å². The Hall–Kier alpha value is -0.820. The molecule has 1 heteroatoms. The Morgan fingerprint density at radius 2 is 1.67 bits per heavy atom. The van der Waals surface area contributed by atoms with Gasteiger partial charge in [0.15, 0.2) is 0 Å². The standard InChI is InChI=1S/C11H18O/c1-10(2)7-5-6-8-11(3)9-12-4/h5-8H,9H2,1-4H3. The largest absolute Gasteiger partial charge is 0.380 e. The molecule has 0 aliphatic rings. The van der Waals surface area contributed by atoms with E-state index in [-0.39, 0.29) is 0 Å². The molecule has 0 fully saturated rings. The SMILES string of the molecule is COCC(C)=CC=CC=C(C)C. The van der Waals surface area contributed by atoms with Crippen LogP contribution in [0.1, 0.15) is 20.8 Å². The van der Waals surface area contributed by atoms with Crippen LogP contribution in [-0.4, -0.2) is 13.7 Å². The Kier molecular flexibility index (Phi) is 6.39. The highest BCUT2D eigenvalue weighted by molar-refractivity contribution is 5.17. The van der Waals surface area contributed by atoms with Gasteiger partial charge in [0, 0.05) is 7.11 Å². The molecular weight excluding hydrogens is 148 g/mol. The fourth-order valence-corrected chi connectivity index (χ4v) is 0.744. The highest BCUT2D eigenvalue weighted by atomic mass is 16.5. The second kappa shape index (κ2) is 6.86. The molecule has 0 saturated carbocycles. The minimum absolute atomic E-state index is 0.708.